The molecule has 0 heterocycles. The average Bonchev–Trinajstić information content (AvgIpc) is 2.97. The van der Waals surface area contributed by atoms with Crippen LogP contribution in [-0.4, -0.2) is 32.3 Å². The number of ether oxygens (including phenoxy) is 3. The first-order chi connectivity index (χ1) is 12.5. The monoisotopic (exact) mass is 357 g/mol. The van der Waals surface area contributed by atoms with Crippen LogP contribution in [0.5, 0.6) is 23.0 Å². The maximum absolute atomic E-state index is 11.6. The number of amides is 1. The molecule has 0 aliphatic heterocycles. The van der Waals surface area contributed by atoms with Gasteiger partial charge in [0.2, 0.25) is 11.7 Å². The second-order valence-electron chi connectivity index (χ2n) is 6.31. The molecule has 0 bridgehead atoms. The van der Waals surface area contributed by atoms with Gasteiger partial charge in [0.25, 0.3) is 0 Å². The van der Waals surface area contributed by atoms with Gasteiger partial charge in [-0.25, -0.2) is 0 Å². The van der Waals surface area contributed by atoms with Gasteiger partial charge in [-0.2, -0.15) is 0 Å². The minimum atomic E-state index is -0.154. The molecule has 0 radical (unpaired) electrons. The zero-order chi connectivity index (χ0) is 18.8. The van der Waals surface area contributed by atoms with E-state index in [9.17, 15) is 9.90 Å². The van der Waals surface area contributed by atoms with Gasteiger partial charge < -0.3 is 24.6 Å². The number of carbonyl (C=O) groups excluding carboxylic acids is 1. The van der Waals surface area contributed by atoms with Crippen LogP contribution in [0, 0.1) is 0 Å². The highest BCUT2D eigenvalue weighted by molar-refractivity contribution is 5.74. The van der Waals surface area contributed by atoms with Crippen LogP contribution in [0.2, 0.25) is 0 Å². The Morgan fingerprint density at radius 3 is 2.23 bits per heavy atom. The molecule has 138 valence electrons. The van der Waals surface area contributed by atoms with E-state index in [0.717, 1.165) is 16.7 Å². The number of phenolic OH excluding ortho intramolecular Hbond substituents is 1. The van der Waals surface area contributed by atoms with E-state index in [0.29, 0.717) is 23.7 Å². The zero-order valence-electron chi connectivity index (χ0n) is 15.3. The van der Waals surface area contributed by atoms with Crippen molar-refractivity contribution in [1.82, 2.24) is 5.32 Å². The highest BCUT2D eigenvalue weighted by Gasteiger charge is 2.33. The lowest BCUT2D eigenvalue weighted by Crippen LogP contribution is -2.24. The van der Waals surface area contributed by atoms with E-state index in [-0.39, 0.29) is 23.6 Å². The van der Waals surface area contributed by atoms with E-state index >= 15 is 0 Å². The maximum Gasteiger partial charge on any atom is 0.217 e. The summed E-state index contributed by atoms with van der Waals surface area (Å²) < 4.78 is 16.3. The molecule has 2 aromatic rings. The smallest absolute Gasteiger partial charge is 0.217 e. The van der Waals surface area contributed by atoms with E-state index in [2.05, 4.69) is 5.32 Å². The predicted octanol–water partition coefficient (Wildman–Crippen LogP) is 3.13. The van der Waals surface area contributed by atoms with Gasteiger partial charge in [-0.05, 0) is 47.4 Å². The Morgan fingerprint density at radius 2 is 1.69 bits per heavy atom. The molecule has 2 N–H and O–H groups in total. The Labute approximate surface area is 152 Å². The number of methoxy groups -OCH3 is 3. The molecule has 0 saturated heterocycles. The topological polar surface area (TPSA) is 77.0 Å². The molecule has 0 saturated carbocycles. The van der Waals surface area contributed by atoms with Crippen LogP contribution in [0.1, 0.15) is 42.0 Å². The van der Waals surface area contributed by atoms with Gasteiger partial charge in [0, 0.05) is 12.8 Å². The van der Waals surface area contributed by atoms with E-state index < -0.39 is 0 Å². The van der Waals surface area contributed by atoms with Crippen molar-refractivity contribution in [2.45, 2.75) is 25.3 Å². The summed E-state index contributed by atoms with van der Waals surface area (Å²) in [5.41, 5.74) is 2.99. The lowest BCUT2D eigenvalue weighted by Gasteiger charge is -2.18. The summed E-state index contributed by atoms with van der Waals surface area (Å²) in [5.74, 6) is 1.84. The Balaban J connectivity index is 2.09. The van der Waals surface area contributed by atoms with Gasteiger partial charge in [-0.3, -0.25) is 4.79 Å². The summed E-state index contributed by atoms with van der Waals surface area (Å²) in [5, 5.41) is 12.8. The normalized spacial score (nSPS) is 18.2. The Kier molecular flexibility index (Phi) is 4.93. The van der Waals surface area contributed by atoms with Crippen molar-refractivity contribution in [3.05, 3.63) is 47.0 Å². The third-order valence-corrected chi connectivity index (χ3v) is 4.76. The molecule has 2 aromatic carbocycles. The number of nitrogens with one attached hydrogen (secondary N) is 1. The summed E-state index contributed by atoms with van der Waals surface area (Å²) in [6, 6.07) is 8.99. The molecule has 1 amide bonds. The van der Waals surface area contributed by atoms with Gasteiger partial charge in [0.15, 0.2) is 11.5 Å². The fourth-order valence-corrected chi connectivity index (χ4v) is 3.67. The fraction of sp³-hybridized carbons (Fsp3) is 0.350. The molecule has 6 nitrogen and oxygen atoms in total. The van der Waals surface area contributed by atoms with Crippen LogP contribution in [0.3, 0.4) is 0 Å². The third kappa shape index (κ3) is 3.14. The largest absolute Gasteiger partial charge is 0.508 e. The summed E-state index contributed by atoms with van der Waals surface area (Å²) in [7, 11) is 4.74. The lowest BCUT2D eigenvalue weighted by atomic mass is 9.92. The highest BCUT2D eigenvalue weighted by Crippen LogP contribution is 2.48. The lowest BCUT2D eigenvalue weighted by molar-refractivity contribution is -0.119. The fourth-order valence-electron chi connectivity index (χ4n) is 3.67. The first kappa shape index (κ1) is 17.9. The van der Waals surface area contributed by atoms with Crippen molar-refractivity contribution in [1.29, 1.82) is 0 Å². The van der Waals surface area contributed by atoms with Crippen LogP contribution in [0.15, 0.2) is 30.3 Å². The number of hydrogen-bond donors (Lipinski definition) is 2. The molecule has 0 unspecified atom stereocenters. The molecule has 0 fully saturated rings. The van der Waals surface area contributed by atoms with Crippen LogP contribution < -0.4 is 19.5 Å². The second-order valence-corrected chi connectivity index (χ2v) is 6.31. The van der Waals surface area contributed by atoms with E-state index in [1.165, 1.54) is 6.92 Å². The van der Waals surface area contributed by atoms with Crippen molar-refractivity contribution in [3.63, 3.8) is 0 Å². The molecule has 6 heteroatoms. The first-order valence-electron chi connectivity index (χ1n) is 8.38. The van der Waals surface area contributed by atoms with Crippen molar-refractivity contribution in [2.24, 2.45) is 0 Å². The van der Waals surface area contributed by atoms with Crippen molar-refractivity contribution in [2.75, 3.05) is 21.3 Å². The molecule has 1 aliphatic carbocycles. The first-order valence-corrected chi connectivity index (χ1v) is 8.38. The zero-order valence-corrected chi connectivity index (χ0v) is 15.3. The number of fused-ring (bicyclic) bond motifs is 1. The predicted molar refractivity (Wildman–Crippen MR) is 97.2 cm³/mol. The number of phenols is 1. The van der Waals surface area contributed by atoms with Crippen molar-refractivity contribution >= 4 is 5.91 Å². The standard InChI is InChI=1S/C20H23NO5/c1-11(22)21-17-10-15(14-6-5-13(23)9-16(14)17)12-7-18(24-2)20(26-4)19(8-12)25-3/h5-9,15,17,23H,10H2,1-4H3,(H,21,22)/t15-,17+/m1/s1. The number of rotatable bonds is 5. The van der Waals surface area contributed by atoms with Gasteiger partial charge >= 0.3 is 0 Å². The van der Waals surface area contributed by atoms with Gasteiger partial charge in [-0.15, -0.1) is 0 Å². The Hall–Kier alpha value is -2.89. The summed E-state index contributed by atoms with van der Waals surface area (Å²) in [4.78, 5) is 11.6. The number of carbonyl (C=O) groups is 1. The molecule has 26 heavy (non-hydrogen) atoms. The quantitative estimate of drug-likeness (QED) is 0.860. The number of aromatic hydroxyl groups is 1. The number of hydrogen-bond acceptors (Lipinski definition) is 5. The molecule has 3 rings (SSSR count). The van der Waals surface area contributed by atoms with Crippen molar-refractivity contribution < 1.29 is 24.1 Å². The molecule has 2 atom stereocenters. The third-order valence-electron chi connectivity index (χ3n) is 4.76. The Morgan fingerprint density at radius 1 is 1.04 bits per heavy atom. The Bertz CT molecular complexity index is 808. The SMILES string of the molecule is COc1cc([C@H]2C[C@H](NC(C)=O)c3cc(O)ccc32)cc(OC)c1OC. The second kappa shape index (κ2) is 7.15. The summed E-state index contributed by atoms with van der Waals surface area (Å²) in [6.45, 7) is 1.50. The van der Waals surface area contributed by atoms with E-state index in [4.69, 9.17) is 14.2 Å². The van der Waals surface area contributed by atoms with Crippen LogP contribution in [-0.2, 0) is 4.79 Å². The van der Waals surface area contributed by atoms with Gasteiger partial charge in [-0.1, -0.05) is 6.07 Å². The molecular formula is C20H23NO5. The summed E-state index contributed by atoms with van der Waals surface area (Å²) in [6.07, 6.45) is 0.691. The summed E-state index contributed by atoms with van der Waals surface area (Å²) >= 11 is 0. The van der Waals surface area contributed by atoms with Crippen LogP contribution in [0.4, 0.5) is 0 Å². The number of benzene rings is 2. The van der Waals surface area contributed by atoms with E-state index in [1.807, 2.05) is 18.2 Å². The minimum absolute atomic E-state index is 0.0381. The highest BCUT2D eigenvalue weighted by atomic mass is 16.5. The van der Waals surface area contributed by atoms with Crippen LogP contribution >= 0.6 is 0 Å². The van der Waals surface area contributed by atoms with Gasteiger partial charge in [0.1, 0.15) is 5.75 Å². The maximum atomic E-state index is 11.6. The molecular weight excluding hydrogens is 334 g/mol. The van der Waals surface area contributed by atoms with Gasteiger partial charge in [0.05, 0.1) is 27.4 Å². The van der Waals surface area contributed by atoms with Crippen LogP contribution in [0.25, 0.3) is 0 Å². The minimum Gasteiger partial charge on any atom is -0.508 e. The molecule has 1 aliphatic rings. The average molecular weight is 357 g/mol. The molecule has 0 aromatic heterocycles. The molecule has 0 spiro atoms. The van der Waals surface area contributed by atoms with Crippen molar-refractivity contribution in [3.8, 4) is 23.0 Å². The van der Waals surface area contributed by atoms with E-state index in [1.54, 1.807) is 33.5 Å².